The summed E-state index contributed by atoms with van der Waals surface area (Å²) in [4.78, 5) is 16.4. The topological polar surface area (TPSA) is 73.7 Å². The monoisotopic (exact) mass is 210 g/mol. The Hall–Kier alpha value is -1.62. The van der Waals surface area contributed by atoms with Crippen LogP contribution in [0.25, 0.3) is 0 Å². The Morgan fingerprint density at radius 1 is 1.60 bits per heavy atom. The van der Waals surface area contributed by atoms with Crippen LogP contribution in [0, 0.1) is 0 Å². The van der Waals surface area contributed by atoms with Crippen molar-refractivity contribution in [1.29, 1.82) is 0 Å². The molecule has 1 aromatic heterocycles. The van der Waals surface area contributed by atoms with E-state index < -0.39 is 5.97 Å². The van der Waals surface area contributed by atoms with Gasteiger partial charge in [-0.2, -0.15) is 0 Å². The van der Waals surface area contributed by atoms with E-state index in [-0.39, 0.29) is 18.3 Å². The van der Waals surface area contributed by atoms with E-state index in [4.69, 9.17) is 10.2 Å². The van der Waals surface area contributed by atoms with E-state index in [9.17, 15) is 4.79 Å². The lowest BCUT2D eigenvalue weighted by molar-refractivity contribution is 0.0690. The summed E-state index contributed by atoms with van der Waals surface area (Å²) < 4.78 is 0. The van der Waals surface area contributed by atoms with Crippen molar-refractivity contribution in [2.24, 2.45) is 0 Å². The maximum Gasteiger partial charge on any atom is 0.354 e. The van der Waals surface area contributed by atoms with Crippen molar-refractivity contribution in [2.45, 2.75) is 13.0 Å². The standard InChI is InChI=1S/C10H14N2O3/c1-7(6-13)12(2)9-5-3-4-8(11-9)10(14)15/h3-5,7,13H,6H2,1-2H3,(H,14,15)/t7-/m1/s1. The molecule has 0 aliphatic heterocycles. The summed E-state index contributed by atoms with van der Waals surface area (Å²) in [6.07, 6.45) is 0. The van der Waals surface area contributed by atoms with Gasteiger partial charge in [0, 0.05) is 7.05 Å². The molecule has 2 N–H and O–H groups in total. The maximum atomic E-state index is 10.7. The average Bonchev–Trinajstić information content (AvgIpc) is 2.27. The first kappa shape index (κ1) is 11.5. The van der Waals surface area contributed by atoms with E-state index in [0.717, 1.165) is 0 Å². The number of rotatable bonds is 4. The molecule has 0 aliphatic carbocycles. The molecule has 0 saturated carbocycles. The van der Waals surface area contributed by atoms with Gasteiger partial charge in [0.05, 0.1) is 12.6 Å². The van der Waals surface area contributed by atoms with Crippen LogP contribution in [0.5, 0.6) is 0 Å². The Balaban J connectivity index is 2.94. The van der Waals surface area contributed by atoms with Gasteiger partial charge in [0.15, 0.2) is 5.69 Å². The van der Waals surface area contributed by atoms with E-state index in [0.29, 0.717) is 5.82 Å². The number of aromatic nitrogens is 1. The maximum absolute atomic E-state index is 10.7. The average molecular weight is 210 g/mol. The summed E-state index contributed by atoms with van der Waals surface area (Å²) in [5.74, 6) is -0.515. The summed E-state index contributed by atoms with van der Waals surface area (Å²) in [7, 11) is 1.76. The highest BCUT2D eigenvalue weighted by atomic mass is 16.4. The van der Waals surface area contributed by atoms with E-state index in [1.807, 2.05) is 6.92 Å². The molecule has 0 saturated heterocycles. The number of carboxylic acids is 1. The van der Waals surface area contributed by atoms with Crippen molar-refractivity contribution in [2.75, 3.05) is 18.6 Å². The van der Waals surface area contributed by atoms with Crippen LogP contribution in [0.4, 0.5) is 5.82 Å². The van der Waals surface area contributed by atoms with Crippen molar-refractivity contribution < 1.29 is 15.0 Å². The minimum absolute atomic E-state index is 0.00416. The molecule has 5 nitrogen and oxygen atoms in total. The van der Waals surface area contributed by atoms with Crippen molar-refractivity contribution >= 4 is 11.8 Å². The van der Waals surface area contributed by atoms with Crippen LogP contribution in [0.2, 0.25) is 0 Å². The fourth-order valence-electron chi connectivity index (χ4n) is 1.09. The molecule has 15 heavy (non-hydrogen) atoms. The zero-order valence-corrected chi connectivity index (χ0v) is 8.71. The lowest BCUT2D eigenvalue weighted by Gasteiger charge is -2.24. The highest BCUT2D eigenvalue weighted by Crippen LogP contribution is 2.12. The molecule has 1 aromatic rings. The summed E-state index contributed by atoms with van der Waals surface area (Å²) >= 11 is 0. The Morgan fingerprint density at radius 3 is 2.80 bits per heavy atom. The molecule has 0 unspecified atom stereocenters. The smallest absolute Gasteiger partial charge is 0.354 e. The van der Waals surface area contributed by atoms with Crippen molar-refractivity contribution in [3.63, 3.8) is 0 Å². The molecule has 0 amide bonds. The van der Waals surface area contributed by atoms with Crippen molar-refractivity contribution in [3.05, 3.63) is 23.9 Å². The van der Waals surface area contributed by atoms with Gasteiger partial charge in [-0.1, -0.05) is 6.07 Å². The first-order valence-electron chi connectivity index (χ1n) is 4.60. The second-order valence-electron chi connectivity index (χ2n) is 3.33. The van der Waals surface area contributed by atoms with Crippen molar-refractivity contribution in [1.82, 2.24) is 4.98 Å². The number of hydrogen-bond acceptors (Lipinski definition) is 4. The second-order valence-corrected chi connectivity index (χ2v) is 3.33. The van der Waals surface area contributed by atoms with Gasteiger partial charge in [-0.25, -0.2) is 9.78 Å². The first-order chi connectivity index (χ1) is 7.06. The van der Waals surface area contributed by atoms with Gasteiger partial charge in [0.25, 0.3) is 0 Å². The number of hydrogen-bond donors (Lipinski definition) is 2. The third-order valence-corrected chi connectivity index (χ3v) is 2.24. The van der Waals surface area contributed by atoms with Crippen LogP contribution in [-0.2, 0) is 0 Å². The third-order valence-electron chi connectivity index (χ3n) is 2.24. The minimum atomic E-state index is -1.05. The quantitative estimate of drug-likeness (QED) is 0.761. The second kappa shape index (κ2) is 4.75. The summed E-state index contributed by atoms with van der Waals surface area (Å²) in [5.41, 5.74) is 0.00416. The predicted octanol–water partition coefficient (Wildman–Crippen LogP) is 0.597. The van der Waals surface area contributed by atoms with E-state index in [1.54, 1.807) is 24.1 Å². The number of anilines is 1. The van der Waals surface area contributed by atoms with E-state index in [1.165, 1.54) is 6.07 Å². The fraction of sp³-hybridized carbons (Fsp3) is 0.400. The zero-order valence-electron chi connectivity index (χ0n) is 8.71. The van der Waals surface area contributed by atoms with Crippen LogP contribution in [0.15, 0.2) is 18.2 Å². The molecular formula is C10H14N2O3. The van der Waals surface area contributed by atoms with Crippen LogP contribution in [0.3, 0.4) is 0 Å². The number of carboxylic acid groups (broad SMARTS) is 1. The van der Waals surface area contributed by atoms with Crippen LogP contribution in [0.1, 0.15) is 17.4 Å². The van der Waals surface area contributed by atoms with Gasteiger partial charge < -0.3 is 15.1 Å². The predicted molar refractivity (Wildman–Crippen MR) is 56.1 cm³/mol. The molecule has 82 valence electrons. The van der Waals surface area contributed by atoms with E-state index >= 15 is 0 Å². The fourth-order valence-corrected chi connectivity index (χ4v) is 1.09. The normalized spacial score (nSPS) is 12.2. The molecule has 0 bridgehead atoms. The Morgan fingerprint density at radius 2 is 2.27 bits per heavy atom. The molecule has 1 heterocycles. The molecule has 0 radical (unpaired) electrons. The van der Waals surface area contributed by atoms with Gasteiger partial charge >= 0.3 is 5.97 Å². The Bertz CT molecular complexity index is 354. The molecule has 1 rings (SSSR count). The highest BCUT2D eigenvalue weighted by Gasteiger charge is 2.12. The molecular weight excluding hydrogens is 196 g/mol. The Labute approximate surface area is 88.0 Å². The van der Waals surface area contributed by atoms with Gasteiger partial charge in [-0.05, 0) is 19.1 Å². The minimum Gasteiger partial charge on any atom is -0.477 e. The molecule has 0 spiro atoms. The van der Waals surface area contributed by atoms with Crippen LogP contribution in [-0.4, -0.2) is 40.9 Å². The van der Waals surface area contributed by atoms with Crippen LogP contribution < -0.4 is 4.90 Å². The largest absolute Gasteiger partial charge is 0.477 e. The van der Waals surface area contributed by atoms with Gasteiger partial charge in [0.1, 0.15) is 5.82 Å². The number of aliphatic hydroxyl groups is 1. The molecule has 0 fully saturated rings. The first-order valence-corrected chi connectivity index (χ1v) is 4.60. The van der Waals surface area contributed by atoms with Crippen LogP contribution >= 0.6 is 0 Å². The summed E-state index contributed by atoms with van der Waals surface area (Å²) in [6, 6.07) is 4.68. The number of pyridine rings is 1. The number of aromatic carboxylic acids is 1. The summed E-state index contributed by atoms with van der Waals surface area (Å²) in [6.45, 7) is 1.82. The van der Waals surface area contributed by atoms with E-state index in [2.05, 4.69) is 4.98 Å². The Kier molecular flexibility index (Phi) is 3.62. The molecule has 0 aromatic carbocycles. The number of aliphatic hydroxyl groups excluding tert-OH is 1. The molecule has 0 aliphatic rings. The van der Waals surface area contributed by atoms with Gasteiger partial charge in [0.2, 0.25) is 0 Å². The number of nitrogens with zero attached hydrogens (tertiary/aromatic N) is 2. The van der Waals surface area contributed by atoms with Crippen molar-refractivity contribution in [3.8, 4) is 0 Å². The number of likely N-dealkylation sites (N-methyl/N-ethyl adjacent to an activating group) is 1. The zero-order chi connectivity index (χ0) is 11.4. The highest BCUT2D eigenvalue weighted by molar-refractivity contribution is 5.85. The molecule has 1 atom stereocenters. The lowest BCUT2D eigenvalue weighted by Crippen LogP contribution is -2.32. The lowest BCUT2D eigenvalue weighted by atomic mass is 10.3. The van der Waals surface area contributed by atoms with Gasteiger partial charge in [-0.3, -0.25) is 0 Å². The number of carbonyl (C=O) groups is 1. The van der Waals surface area contributed by atoms with Gasteiger partial charge in [-0.15, -0.1) is 0 Å². The third kappa shape index (κ3) is 2.66. The molecule has 5 heteroatoms. The SMILES string of the molecule is C[C@H](CO)N(C)c1cccc(C(=O)O)n1. The summed E-state index contributed by atoms with van der Waals surface area (Å²) in [5, 5.41) is 17.7.